The molecule has 1 aromatic carbocycles. The zero-order valence-corrected chi connectivity index (χ0v) is 12.6. The predicted octanol–water partition coefficient (Wildman–Crippen LogP) is 3.62. The molecule has 1 rings (SSSR count). The molecule has 3 nitrogen and oxygen atoms in total. The van der Waals surface area contributed by atoms with Gasteiger partial charge in [0.15, 0.2) is 0 Å². The smallest absolute Gasteiger partial charge is 0.411 e. The average molecular weight is 305 g/mol. The highest BCUT2D eigenvalue weighted by molar-refractivity contribution is 5.39. The van der Waals surface area contributed by atoms with E-state index in [1.165, 1.54) is 0 Å². The van der Waals surface area contributed by atoms with Gasteiger partial charge in [-0.2, -0.15) is 13.2 Å². The first kappa shape index (κ1) is 17.8. The molecule has 120 valence electrons. The summed E-state index contributed by atoms with van der Waals surface area (Å²) in [6, 6.07) is 5.70. The third-order valence-electron chi connectivity index (χ3n) is 3.01. The van der Waals surface area contributed by atoms with Crippen molar-refractivity contribution in [2.24, 2.45) is 0 Å². The zero-order valence-electron chi connectivity index (χ0n) is 12.6. The number of hydrogen-bond donors (Lipinski definition) is 1. The van der Waals surface area contributed by atoms with E-state index in [2.05, 4.69) is 10.1 Å². The molecule has 0 fully saturated rings. The Labute approximate surface area is 123 Å². The van der Waals surface area contributed by atoms with E-state index in [1.54, 1.807) is 7.05 Å². The van der Waals surface area contributed by atoms with Gasteiger partial charge in [-0.3, -0.25) is 0 Å². The number of aryl methyl sites for hydroxylation is 1. The SMILES string of the molecule is CCOc1ccc(C)cc1C(CCOCC(F)(F)F)NC. The molecule has 1 aromatic rings. The van der Waals surface area contributed by atoms with Gasteiger partial charge in [0.2, 0.25) is 0 Å². The van der Waals surface area contributed by atoms with Gasteiger partial charge in [-0.25, -0.2) is 0 Å². The van der Waals surface area contributed by atoms with E-state index < -0.39 is 12.8 Å². The number of halogens is 3. The highest BCUT2D eigenvalue weighted by Crippen LogP contribution is 2.28. The molecule has 0 aliphatic heterocycles. The van der Waals surface area contributed by atoms with E-state index in [1.807, 2.05) is 32.0 Å². The maximum Gasteiger partial charge on any atom is 0.411 e. The summed E-state index contributed by atoms with van der Waals surface area (Å²) in [6.45, 7) is 3.22. The fourth-order valence-corrected chi connectivity index (χ4v) is 2.07. The Morgan fingerprint density at radius 2 is 2.00 bits per heavy atom. The molecule has 21 heavy (non-hydrogen) atoms. The van der Waals surface area contributed by atoms with Crippen LogP contribution in [0.2, 0.25) is 0 Å². The Balaban J connectivity index is 2.68. The summed E-state index contributed by atoms with van der Waals surface area (Å²) in [7, 11) is 1.77. The van der Waals surface area contributed by atoms with Crippen LogP contribution in [0.5, 0.6) is 5.75 Å². The molecule has 0 heterocycles. The molecule has 0 bridgehead atoms. The van der Waals surface area contributed by atoms with Crippen molar-refractivity contribution in [1.82, 2.24) is 5.32 Å². The third kappa shape index (κ3) is 6.35. The van der Waals surface area contributed by atoms with Crippen molar-refractivity contribution in [2.45, 2.75) is 32.5 Å². The summed E-state index contributed by atoms with van der Waals surface area (Å²) in [6.07, 6.45) is -3.84. The van der Waals surface area contributed by atoms with Gasteiger partial charge in [-0.1, -0.05) is 17.7 Å². The van der Waals surface area contributed by atoms with Crippen LogP contribution in [0.3, 0.4) is 0 Å². The normalized spacial score (nSPS) is 13.2. The Kier molecular flexibility index (Phi) is 6.98. The van der Waals surface area contributed by atoms with Crippen LogP contribution in [0.25, 0.3) is 0 Å². The largest absolute Gasteiger partial charge is 0.494 e. The molecule has 1 unspecified atom stereocenters. The van der Waals surface area contributed by atoms with Gasteiger partial charge >= 0.3 is 6.18 Å². The number of ether oxygens (including phenoxy) is 2. The molecule has 6 heteroatoms. The molecular formula is C15H22F3NO2. The van der Waals surface area contributed by atoms with E-state index >= 15 is 0 Å². The minimum absolute atomic E-state index is 0.0323. The molecule has 0 saturated carbocycles. The minimum Gasteiger partial charge on any atom is -0.494 e. The lowest BCUT2D eigenvalue weighted by Gasteiger charge is -2.21. The van der Waals surface area contributed by atoms with E-state index in [0.717, 1.165) is 16.9 Å². The molecule has 0 radical (unpaired) electrons. The first-order chi connectivity index (χ1) is 9.87. The zero-order chi connectivity index (χ0) is 15.9. The Morgan fingerprint density at radius 1 is 1.29 bits per heavy atom. The monoisotopic (exact) mass is 305 g/mol. The van der Waals surface area contributed by atoms with Gasteiger partial charge in [0.1, 0.15) is 12.4 Å². The molecular weight excluding hydrogens is 283 g/mol. The highest BCUT2D eigenvalue weighted by atomic mass is 19.4. The second-order valence-electron chi connectivity index (χ2n) is 4.77. The van der Waals surface area contributed by atoms with Gasteiger partial charge in [0.25, 0.3) is 0 Å². The topological polar surface area (TPSA) is 30.5 Å². The van der Waals surface area contributed by atoms with Gasteiger partial charge in [0.05, 0.1) is 6.61 Å². The average Bonchev–Trinajstić information content (AvgIpc) is 2.40. The lowest BCUT2D eigenvalue weighted by atomic mass is 10.0. The second-order valence-corrected chi connectivity index (χ2v) is 4.77. The summed E-state index contributed by atoms with van der Waals surface area (Å²) in [5, 5.41) is 3.10. The second kappa shape index (κ2) is 8.24. The minimum atomic E-state index is -4.28. The van der Waals surface area contributed by atoms with Crippen molar-refractivity contribution >= 4 is 0 Å². The summed E-state index contributed by atoms with van der Waals surface area (Å²) >= 11 is 0. The first-order valence-electron chi connectivity index (χ1n) is 6.92. The predicted molar refractivity (Wildman–Crippen MR) is 75.6 cm³/mol. The highest BCUT2D eigenvalue weighted by Gasteiger charge is 2.27. The van der Waals surface area contributed by atoms with Crippen LogP contribution >= 0.6 is 0 Å². The van der Waals surface area contributed by atoms with Crippen LogP contribution in [0, 0.1) is 6.92 Å². The van der Waals surface area contributed by atoms with Gasteiger partial charge in [-0.05, 0) is 33.4 Å². The third-order valence-corrected chi connectivity index (χ3v) is 3.01. The lowest BCUT2D eigenvalue weighted by molar-refractivity contribution is -0.174. The molecule has 0 aliphatic carbocycles. The van der Waals surface area contributed by atoms with Crippen LogP contribution in [0.15, 0.2) is 18.2 Å². The molecule has 0 amide bonds. The van der Waals surface area contributed by atoms with E-state index in [4.69, 9.17) is 4.74 Å². The Bertz CT molecular complexity index is 435. The summed E-state index contributed by atoms with van der Waals surface area (Å²) in [4.78, 5) is 0. The summed E-state index contributed by atoms with van der Waals surface area (Å²) in [5.74, 6) is 0.748. The molecule has 0 aliphatic rings. The van der Waals surface area contributed by atoms with Crippen LogP contribution in [-0.2, 0) is 4.74 Å². The van der Waals surface area contributed by atoms with Gasteiger partial charge < -0.3 is 14.8 Å². The van der Waals surface area contributed by atoms with Gasteiger partial charge in [0, 0.05) is 18.2 Å². The molecule has 0 aromatic heterocycles. The standard InChI is InChI=1S/C15H22F3NO2/c1-4-21-14-6-5-11(2)9-12(14)13(19-3)7-8-20-10-15(16,17)18/h5-6,9,13,19H,4,7-8,10H2,1-3H3. The molecule has 0 spiro atoms. The fourth-order valence-electron chi connectivity index (χ4n) is 2.07. The van der Waals surface area contributed by atoms with Crippen molar-refractivity contribution in [3.8, 4) is 5.75 Å². The number of rotatable bonds is 8. The Hall–Kier alpha value is -1.27. The van der Waals surface area contributed by atoms with E-state index in [-0.39, 0.29) is 12.6 Å². The number of alkyl halides is 3. The lowest BCUT2D eigenvalue weighted by Crippen LogP contribution is -2.22. The van der Waals surface area contributed by atoms with Crippen LogP contribution in [-0.4, -0.2) is 33.0 Å². The van der Waals surface area contributed by atoms with Crippen molar-refractivity contribution in [3.05, 3.63) is 29.3 Å². The number of nitrogens with one attached hydrogen (secondary N) is 1. The van der Waals surface area contributed by atoms with Crippen LogP contribution in [0.1, 0.15) is 30.5 Å². The fraction of sp³-hybridized carbons (Fsp3) is 0.600. The summed E-state index contributed by atoms with van der Waals surface area (Å²) < 4.78 is 46.4. The van der Waals surface area contributed by atoms with E-state index in [0.29, 0.717) is 13.0 Å². The number of benzene rings is 1. The molecule has 1 atom stereocenters. The van der Waals surface area contributed by atoms with Crippen molar-refractivity contribution in [1.29, 1.82) is 0 Å². The van der Waals surface area contributed by atoms with Crippen LogP contribution < -0.4 is 10.1 Å². The van der Waals surface area contributed by atoms with Crippen molar-refractivity contribution < 1.29 is 22.6 Å². The Morgan fingerprint density at radius 3 is 2.57 bits per heavy atom. The molecule has 1 N–H and O–H groups in total. The van der Waals surface area contributed by atoms with E-state index in [9.17, 15) is 13.2 Å². The van der Waals surface area contributed by atoms with Gasteiger partial charge in [-0.15, -0.1) is 0 Å². The van der Waals surface area contributed by atoms with Crippen molar-refractivity contribution in [3.63, 3.8) is 0 Å². The first-order valence-corrected chi connectivity index (χ1v) is 6.92. The maximum absolute atomic E-state index is 12.0. The summed E-state index contributed by atoms with van der Waals surface area (Å²) in [5.41, 5.74) is 2.01. The number of hydrogen-bond acceptors (Lipinski definition) is 3. The quantitative estimate of drug-likeness (QED) is 0.744. The maximum atomic E-state index is 12.0. The van der Waals surface area contributed by atoms with Crippen LogP contribution in [0.4, 0.5) is 13.2 Å². The molecule has 0 saturated heterocycles. The van der Waals surface area contributed by atoms with Crippen molar-refractivity contribution in [2.75, 3.05) is 26.9 Å².